The van der Waals surface area contributed by atoms with Crippen molar-refractivity contribution in [2.24, 2.45) is 5.41 Å². The van der Waals surface area contributed by atoms with Crippen LogP contribution in [0.25, 0.3) is 0 Å². The Morgan fingerprint density at radius 3 is 2.85 bits per heavy atom. The molecule has 0 aliphatic carbocycles. The van der Waals surface area contributed by atoms with Gasteiger partial charge in [-0.05, 0) is 37.1 Å². The minimum absolute atomic E-state index is 0.184. The summed E-state index contributed by atoms with van der Waals surface area (Å²) in [6.07, 6.45) is 2.08. The van der Waals surface area contributed by atoms with E-state index < -0.39 is 0 Å². The second kappa shape index (κ2) is 5.74. The number of benzene rings is 1. The Morgan fingerprint density at radius 2 is 2.15 bits per heavy atom. The first-order chi connectivity index (χ1) is 9.67. The van der Waals surface area contributed by atoms with Gasteiger partial charge in [-0.15, -0.1) is 0 Å². The van der Waals surface area contributed by atoms with E-state index in [1.165, 1.54) is 6.42 Å². The van der Waals surface area contributed by atoms with Crippen LogP contribution in [0.1, 0.15) is 18.4 Å². The van der Waals surface area contributed by atoms with Crippen molar-refractivity contribution in [3.63, 3.8) is 0 Å². The van der Waals surface area contributed by atoms with Crippen LogP contribution >= 0.6 is 15.9 Å². The minimum atomic E-state index is -0.184. The summed E-state index contributed by atoms with van der Waals surface area (Å²) in [5.41, 5.74) is 1.31. The Morgan fingerprint density at radius 1 is 1.35 bits per heavy atom. The summed E-state index contributed by atoms with van der Waals surface area (Å²) >= 11 is 3.39. The molecule has 1 unspecified atom stereocenters. The molecule has 2 aliphatic heterocycles. The summed E-state index contributed by atoms with van der Waals surface area (Å²) in [5, 5.41) is 3.39. The van der Waals surface area contributed by atoms with Gasteiger partial charge < -0.3 is 15.0 Å². The maximum atomic E-state index is 12.1. The van der Waals surface area contributed by atoms with Crippen molar-refractivity contribution < 1.29 is 9.53 Å². The van der Waals surface area contributed by atoms with Crippen molar-refractivity contribution >= 4 is 22.0 Å². The van der Waals surface area contributed by atoms with Gasteiger partial charge in [0.25, 0.3) is 0 Å². The molecule has 0 bridgehead atoms. The Hall–Kier alpha value is -1.07. The number of amides is 1. The summed E-state index contributed by atoms with van der Waals surface area (Å²) in [4.78, 5) is 14.0. The number of likely N-dealkylation sites (tertiary alicyclic amines) is 1. The Kier molecular flexibility index (Phi) is 3.98. The van der Waals surface area contributed by atoms with Gasteiger partial charge in [-0.3, -0.25) is 0 Å². The van der Waals surface area contributed by atoms with Gasteiger partial charge >= 0.3 is 6.09 Å². The molecule has 1 aromatic carbocycles. The lowest BCUT2D eigenvalue weighted by atomic mass is 9.87. The predicted octanol–water partition coefficient (Wildman–Crippen LogP) is 2.77. The number of halogens is 1. The molecule has 1 N–H and O–H groups in total. The zero-order chi connectivity index (χ0) is 14.0. The predicted molar refractivity (Wildman–Crippen MR) is 80.4 cm³/mol. The lowest BCUT2D eigenvalue weighted by Crippen LogP contribution is -2.33. The molecule has 1 aromatic rings. The van der Waals surface area contributed by atoms with Crippen LogP contribution in [0.5, 0.6) is 0 Å². The highest BCUT2D eigenvalue weighted by molar-refractivity contribution is 9.10. The van der Waals surface area contributed by atoms with Gasteiger partial charge in [-0.2, -0.15) is 0 Å². The van der Waals surface area contributed by atoms with E-state index in [4.69, 9.17) is 4.74 Å². The van der Waals surface area contributed by atoms with Crippen molar-refractivity contribution in [1.82, 2.24) is 10.2 Å². The van der Waals surface area contributed by atoms with Crippen molar-refractivity contribution in [2.75, 3.05) is 26.2 Å². The maximum absolute atomic E-state index is 12.1. The Bertz CT molecular complexity index is 483. The zero-order valence-electron chi connectivity index (χ0n) is 11.4. The van der Waals surface area contributed by atoms with Gasteiger partial charge in [-0.25, -0.2) is 4.79 Å². The molecule has 2 fully saturated rings. The van der Waals surface area contributed by atoms with E-state index in [1.54, 1.807) is 0 Å². The smallest absolute Gasteiger partial charge is 0.410 e. The molecule has 2 saturated heterocycles. The number of nitrogens with one attached hydrogen (secondary N) is 1. The van der Waals surface area contributed by atoms with Gasteiger partial charge in [0, 0.05) is 29.5 Å². The van der Waals surface area contributed by atoms with Crippen LogP contribution in [-0.2, 0) is 11.3 Å². The van der Waals surface area contributed by atoms with E-state index in [-0.39, 0.29) is 6.09 Å². The quantitative estimate of drug-likeness (QED) is 0.901. The molecule has 1 spiro atoms. The highest BCUT2D eigenvalue weighted by Crippen LogP contribution is 2.36. The summed E-state index contributed by atoms with van der Waals surface area (Å²) in [6, 6.07) is 7.84. The number of hydrogen-bond acceptors (Lipinski definition) is 3. The molecule has 4 nitrogen and oxygen atoms in total. The summed E-state index contributed by atoms with van der Waals surface area (Å²) < 4.78 is 6.44. The molecule has 0 radical (unpaired) electrons. The third kappa shape index (κ3) is 2.99. The van der Waals surface area contributed by atoms with E-state index in [0.717, 1.165) is 42.6 Å². The minimum Gasteiger partial charge on any atom is -0.445 e. The van der Waals surface area contributed by atoms with Crippen molar-refractivity contribution in [1.29, 1.82) is 0 Å². The fourth-order valence-corrected chi connectivity index (χ4v) is 3.32. The molecule has 0 aromatic heterocycles. The van der Waals surface area contributed by atoms with Crippen LogP contribution in [0.15, 0.2) is 28.7 Å². The van der Waals surface area contributed by atoms with Gasteiger partial charge in [0.2, 0.25) is 0 Å². The molecular weight excluding hydrogens is 320 g/mol. The van der Waals surface area contributed by atoms with Crippen molar-refractivity contribution in [3.05, 3.63) is 34.3 Å². The van der Waals surface area contributed by atoms with E-state index in [1.807, 2.05) is 29.2 Å². The number of carbonyl (C=O) groups excluding carboxylic acids is 1. The third-order valence-corrected chi connectivity index (χ3v) is 4.83. The largest absolute Gasteiger partial charge is 0.445 e. The number of rotatable bonds is 2. The van der Waals surface area contributed by atoms with Crippen LogP contribution in [0.3, 0.4) is 0 Å². The van der Waals surface area contributed by atoms with Gasteiger partial charge in [-0.1, -0.05) is 28.1 Å². The summed E-state index contributed by atoms with van der Waals surface area (Å²) in [7, 11) is 0. The number of nitrogens with zero attached hydrogens (tertiary/aromatic N) is 1. The molecule has 108 valence electrons. The molecule has 5 heteroatoms. The lowest BCUT2D eigenvalue weighted by molar-refractivity contribution is 0.100. The molecular formula is C15H19BrN2O2. The Labute approximate surface area is 127 Å². The normalized spacial score (nSPS) is 25.4. The zero-order valence-corrected chi connectivity index (χ0v) is 13.0. The average Bonchev–Trinajstić information content (AvgIpc) is 3.09. The monoisotopic (exact) mass is 338 g/mol. The first-order valence-corrected chi connectivity index (χ1v) is 7.83. The SMILES string of the molecule is O=C(OCc1ccc(Br)cc1)N1CCC2(CCNC2)C1. The van der Waals surface area contributed by atoms with Crippen LogP contribution < -0.4 is 5.32 Å². The Balaban J connectivity index is 1.51. The second-order valence-corrected chi connectivity index (χ2v) is 6.70. The molecule has 2 heterocycles. The molecule has 20 heavy (non-hydrogen) atoms. The number of ether oxygens (including phenoxy) is 1. The number of hydrogen-bond donors (Lipinski definition) is 1. The van der Waals surface area contributed by atoms with Gasteiger partial charge in [0.1, 0.15) is 6.61 Å². The summed E-state index contributed by atoms with van der Waals surface area (Å²) in [6.45, 7) is 4.10. The third-order valence-electron chi connectivity index (χ3n) is 4.30. The van der Waals surface area contributed by atoms with E-state index in [9.17, 15) is 4.79 Å². The van der Waals surface area contributed by atoms with Gasteiger partial charge in [0.05, 0.1) is 0 Å². The summed E-state index contributed by atoms with van der Waals surface area (Å²) in [5.74, 6) is 0. The molecule has 1 amide bonds. The van der Waals surface area contributed by atoms with E-state index >= 15 is 0 Å². The average molecular weight is 339 g/mol. The standard InChI is InChI=1S/C15H19BrN2O2/c16-13-3-1-12(2-4-13)9-20-14(19)18-8-6-15(11-18)5-7-17-10-15/h1-4,17H,5-11H2. The highest BCUT2D eigenvalue weighted by atomic mass is 79.9. The van der Waals surface area contributed by atoms with E-state index in [0.29, 0.717) is 12.0 Å². The molecule has 3 rings (SSSR count). The second-order valence-electron chi connectivity index (χ2n) is 5.78. The van der Waals surface area contributed by atoms with E-state index in [2.05, 4.69) is 21.2 Å². The van der Waals surface area contributed by atoms with Crippen LogP contribution in [-0.4, -0.2) is 37.2 Å². The highest BCUT2D eigenvalue weighted by Gasteiger charge is 2.42. The van der Waals surface area contributed by atoms with Crippen LogP contribution in [0, 0.1) is 5.41 Å². The molecule has 0 saturated carbocycles. The van der Waals surface area contributed by atoms with Crippen LogP contribution in [0.4, 0.5) is 4.79 Å². The number of carbonyl (C=O) groups is 1. The van der Waals surface area contributed by atoms with Crippen molar-refractivity contribution in [2.45, 2.75) is 19.4 Å². The van der Waals surface area contributed by atoms with Gasteiger partial charge in [0.15, 0.2) is 0 Å². The first-order valence-electron chi connectivity index (χ1n) is 7.04. The fraction of sp³-hybridized carbons (Fsp3) is 0.533. The first kappa shape index (κ1) is 13.9. The molecule has 1 atom stereocenters. The topological polar surface area (TPSA) is 41.6 Å². The molecule has 2 aliphatic rings. The van der Waals surface area contributed by atoms with Crippen molar-refractivity contribution in [3.8, 4) is 0 Å². The maximum Gasteiger partial charge on any atom is 0.410 e. The fourth-order valence-electron chi connectivity index (χ4n) is 3.05. The lowest BCUT2D eigenvalue weighted by Gasteiger charge is -2.22. The van der Waals surface area contributed by atoms with Crippen LogP contribution in [0.2, 0.25) is 0 Å².